The molecule has 0 aromatic heterocycles. The molecule has 4 aromatic rings. The normalized spacial score (nSPS) is 10.0. The van der Waals surface area contributed by atoms with Gasteiger partial charge in [-0.15, -0.1) is 23.0 Å². The fourth-order valence-corrected chi connectivity index (χ4v) is 3.51. The number of aliphatic carboxylic acids is 2. The maximum Gasteiger partial charge on any atom is 2.00 e. The summed E-state index contributed by atoms with van der Waals surface area (Å²) in [5.41, 5.74) is 2.39. The van der Waals surface area contributed by atoms with Gasteiger partial charge in [-0.1, -0.05) is 97.1 Å². The van der Waals surface area contributed by atoms with Crippen molar-refractivity contribution in [1.82, 2.24) is 0 Å². The van der Waals surface area contributed by atoms with Crippen molar-refractivity contribution in [1.29, 1.82) is 0 Å². The average Bonchev–Trinajstić information content (AvgIpc) is 3.07. The second kappa shape index (κ2) is 34.2. The number of carbonyl (C=O) groups excluding carboxylic acids is 2. The van der Waals surface area contributed by atoms with Crippen LogP contribution in [0.1, 0.15) is 48.9 Å². The summed E-state index contributed by atoms with van der Waals surface area (Å²) in [5.74, 6) is -2.25. The Morgan fingerprint density at radius 3 is 0.774 bits per heavy atom. The van der Waals surface area contributed by atoms with Gasteiger partial charge in [-0.25, -0.2) is 0 Å². The summed E-state index contributed by atoms with van der Waals surface area (Å²) in [5, 5.41) is 63.5. The van der Waals surface area contributed by atoms with Crippen molar-refractivity contribution in [3.05, 3.63) is 119 Å². The topological polar surface area (TPSA) is 222 Å². The summed E-state index contributed by atoms with van der Waals surface area (Å²) in [6.45, 7) is 4.35. The van der Waals surface area contributed by atoms with Gasteiger partial charge in [0.1, 0.15) is 0 Å². The number of hydrogen-bond donors (Lipinski definition) is 0. The Labute approximate surface area is 370 Å². The van der Waals surface area contributed by atoms with Gasteiger partial charge < -0.3 is 40.2 Å². The molecular formula is C38H38Cd3N4O8. The van der Waals surface area contributed by atoms with E-state index >= 15 is 0 Å². The molecule has 0 heterocycles. The third-order valence-electron chi connectivity index (χ3n) is 5.75. The number of hydrogen-bond acceptors (Lipinski definition) is 12. The minimum Gasteiger partial charge on any atom is -0.872 e. The average molecular weight is 1020 g/mol. The van der Waals surface area contributed by atoms with Crippen molar-refractivity contribution in [3.63, 3.8) is 0 Å². The first-order chi connectivity index (χ1) is 24.0. The Morgan fingerprint density at radius 1 is 0.434 bits per heavy atom. The molecule has 0 amide bonds. The predicted molar refractivity (Wildman–Crippen MR) is 184 cm³/mol. The van der Waals surface area contributed by atoms with Crippen LogP contribution in [0.3, 0.4) is 0 Å². The van der Waals surface area contributed by atoms with Crippen LogP contribution in [0, 0.1) is 0 Å². The predicted octanol–water partition coefficient (Wildman–Crippen LogP) is 1.03. The number of carboxylic acids is 2. The zero-order valence-corrected chi connectivity index (χ0v) is 42.1. The van der Waals surface area contributed by atoms with Crippen LogP contribution in [0.2, 0.25) is 0 Å². The molecule has 0 saturated heterocycles. The first kappa shape index (κ1) is 53.8. The van der Waals surface area contributed by atoms with Gasteiger partial charge in [0.05, 0.1) is 0 Å². The van der Waals surface area contributed by atoms with Crippen LogP contribution in [0.4, 0.5) is 0 Å². The van der Waals surface area contributed by atoms with E-state index in [1.165, 1.54) is 24.3 Å². The molecule has 4 rings (SSSR count). The largest absolute Gasteiger partial charge is 2.00 e. The maximum atomic E-state index is 11.4. The summed E-state index contributed by atoms with van der Waals surface area (Å²) in [6, 6.07) is 27.2. The molecule has 53 heavy (non-hydrogen) atoms. The van der Waals surface area contributed by atoms with Crippen LogP contribution in [0.5, 0.6) is 23.0 Å². The molecule has 0 unspecified atom stereocenters. The van der Waals surface area contributed by atoms with E-state index in [2.05, 4.69) is 20.0 Å². The molecule has 0 aliphatic rings. The smallest absolute Gasteiger partial charge is 0.872 e. The van der Waals surface area contributed by atoms with Crippen molar-refractivity contribution in [2.75, 3.05) is 26.2 Å². The van der Waals surface area contributed by atoms with E-state index in [9.17, 15) is 20.4 Å². The molecule has 0 bridgehead atoms. The summed E-state index contributed by atoms with van der Waals surface area (Å²) in [4.78, 5) is 34.6. The molecule has 264 valence electrons. The van der Waals surface area contributed by atoms with E-state index in [1.807, 2.05) is 24.3 Å². The van der Waals surface area contributed by atoms with E-state index in [0.717, 1.165) is 26.7 Å². The number of carboxylic acid groups (broad SMARTS) is 2. The molecule has 4 aromatic carbocycles. The number of benzene rings is 4. The first-order valence-electron chi connectivity index (χ1n) is 15.4. The van der Waals surface area contributed by atoms with Gasteiger partial charge in [0.15, 0.2) is 0 Å². The van der Waals surface area contributed by atoms with Crippen LogP contribution in [0.25, 0.3) is 0 Å². The first-order valence-corrected chi connectivity index (χ1v) is 15.4. The van der Waals surface area contributed by atoms with Crippen LogP contribution < -0.4 is 30.6 Å². The van der Waals surface area contributed by atoms with Crippen molar-refractivity contribution in [2.24, 2.45) is 20.0 Å². The van der Waals surface area contributed by atoms with E-state index in [0.29, 0.717) is 48.4 Å². The van der Waals surface area contributed by atoms with Gasteiger partial charge in [-0.05, 0) is 48.9 Å². The fraction of sp³-hybridized carbons (Fsp3) is 0.211. The zero-order valence-electron chi connectivity index (χ0n) is 30.0. The summed E-state index contributed by atoms with van der Waals surface area (Å²) in [7, 11) is 0. The Kier molecular flexibility index (Phi) is 34.8. The van der Waals surface area contributed by atoms with Gasteiger partial charge in [-0.2, -0.15) is 0 Å². The van der Waals surface area contributed by atoms with Gasteiger partial charge in [0.2, 0.25) is 0 Å². The molecule has 0 aliphatic heterocycles. The standard InChI is InChI=1S/2C17H18N2O2.2C2H4O2.3Cd/c2*20-16-8-3-1-6-14(16)12-18-10-5-11-19-13-15-7-2-4-9-17(15)21;2*1-2(3)4;;;/h2*1-4,6-9,12-13,20-21H,5,10-11H2;2*1H3,(H,3,4);;;/q;;;;3*+2/p-6. The molecule has 0 spiro atoms. The summed E-state index contributed by atoms with van der Waals surface area (Å²) in [6.07, 6.45) is 7.93. The van der Waals surface area contributed by atoms with Crippen molar-refractivity contribution in [3.8, 4) is 23.0 Å². The number of para-hydroxylation sites is 4. The minimum absolute atomic E-state index is 0. The molecule has 0 fully saturated rings. The minimum atomic E-state index is -1.08. The van der Waals surface area contributed by atoms with Crippen molar-refractivity contribution < 1.29 is 122 Å². The second-order valence-electron chi connectivity index (χ2n) is 9.98. The monoisotopic (exact) mass is 1020 g/mol. The van der Waals surface area contributed by atoms with Crippen LogP contribution in [-0.2, 0) is 91.5 Å². The third kappa shape index (κ3) is 28.6. The van der Waals surface area contributed by atoms with Gasteiger partial charge in [0, 0.05) is 63.0 Å². The van der Waals surface area contributed by atoms with Crippen LogP contribution in [0.15, 0.2) is 117 Å². The van der Waals surface area contributed by atoms with E-state index in [1.54, 1.807) is 73.4 Å². The molecule has 12 nitrogen and oxygen atoms in total. The molecular weight excluding hydrogens is 978 g/mol. The Morgan fingerprint density at radius 2 is 0.604 bits per heavy atom. The van der Waals surface area contributed by atoms with Crippen LogP contribution in [-0.4, -0.2) is 63.0 Å². The Balaban J connectivity index is -0.000000749. The van der Waals surface area contributed by atoms with Gasteiger partial charge in [-0.3, -0.25) is 20.0 Å². The SMILES string of the molecule is CC(=O)[O-].CC(=O)[O-].[Cd+2].[Cd+2].[Cd+2].[O-]c1ccccc1C=NCCCN=Cc1ccccc1[O-].[O-]c1ccccc1C=NCCCN=Cc1ccccc1[O-]. The fourth-order valence-electron chi connectivity index (χ4n) is 3.51. The molecule has 0 aliphatic carbocycles. The van der Waals surface area contributed by atoms with E-state index in [-0.39, 0.29) is 105 Å². The third-order valence-corrected chi connectivity index (χ3v) is 5.75. The number of aliphatic imine (C=N–C) groups is 4. The molecule has 15 heteroatoms. The Hall–Kier alpha value is -3.53. The van der Waals surface area contributed by atoms with Crippen molar-refractivity contribution >= 4 is 36.8 Å². The number of carbonyl (C=O) groups is 2. The van der Waals surface area contributed by atoms with E-state index < -0.39 is 11.9 Å². The quantitative estimate of drug-likeness (QED) is 0.113. The Bertz CT molecular complexity index is 1480. The molecule has 0 N–H and O–H groups in total. The van der Waals surface area contributed by atoms with E-state index in [4.69, 9.17) is 19.8 Å². The molecule has 0 saturated carbocycles. The van der Waals surface area contributed by atoms with Crippen molar-refractivity contribution in [2.45, 2.75) is 26.7 Å². The summed E-state index contributed by atoms with van der Waals surface area (Å²) >= 11 is 0. The zero-order chi connectivity index (χ0) is 37.0. The van der Waals surface area contributed by atoms with Gasteiger partial charge >= 0.3 is 81.9 Å². The maximum absolute atomic E-state index is 11.4. The molecule has 0 radical (unpaired) electrons. The van der Waals surface area contributed by atoms with Crippen LogP contribution >= 0.6 is 0 Å². The summed E-state index contributed by atoms with van der Waals surface area (Å²) < 4.78 is 0. The second-order valence-corrected chi connectivity index (χ2v) is 9.98. The molecule has 0 atom stereocenters. The number of nitrogens with zero attached hydrogens (tertiary/aromatic N) is 4. The number of rotatable bonds is 12. The van der Waals surface area contributed by atoms with Gasteiger partial charge in [0.25, 0.3) is 0 Å².